The zero-order valence-electron chi connectivity index (χ0n) is 10.4. The van der Waals surface area contributed by atoms with Gasteiger partial charge in [0.15, 0.2) is 0 Å². The van der Waals surface area contributed by atoms with Crippen molar-refractivity contribution < 1.29 is 0 Å². The Hall–Kier alpha value is -0.570. The molecular weight excluding hydrogens is 220 g/mol. The van der Waals surface area contributed by atoms with E-state index in [9.17, 15) is 0 Å². The Labute approximate surface area is 104 Å². The number of nitrogens with one attached hydrogen (secondary N) is 1. The molecule has 16 heavy (non-hydrogen) atoms. The number of likely N-dealkylation sites (N-methyl/N-ethyl adjacent to an activating group) is 1. The largest absolute Gasteiger partial charge is 0.311 e. The van der Waals surface area contributed by atoms with Crippen LogP contribution in [0.3, 0.4) is 0 Å². The highest BCUT2D eigenvalue weighted by molar-refractivity contribution is 6.32. The molecule has 0 saturated heterocycles. The molecule has 0 unspecified atom stereocenters. The number of aryl methyl sites for hydroxylation is 1. The van der Waals surface area contributed by atoms with Crippen molar-refractivity contribution in [1.82, 2.24) is 10.2 Å². The molecule has 1 N–H and O–H groups in total. The van der Waals surface area contributed by atoms with Crippen LogP contribution in [0, 0.1) is 6.92 Å². The minimum Gasteiger partial charge on any atom is -0.311 e. The van der Waals surface area contributed by atoms with Gasteiger partial charge in [-0.15, -0.1) is 0 Å². The average molecular weight is 241 g/mol. The van der Waals surface area contributed by atoms with Crippen LogP contribution in [-0.4, -0.2) is 31.6 Å². The molecule has 0 heterocycles. The second kappa shape index (κ2) is 6.89. The summed E-state index contributed by atoms with van der Waals surface area (Å²) in [5.41, 5.74) is 2.33. The maximum absolute atomic E-state index is 6.21. The van der Waals surface area contributed by atoms with Gasteiger partial charge in [-0.2, -0.15) is 0 Å². The van der Waals surface area contributed by atoms with Gasteiger partial charge in [-0.25, -0.2) is 0 Å². The van der Waals surface area contributed by atoms with Crippen molar-refractivity contribution in [2.24, 2.45) is 0 Å². The number of hydrogen-bond acceptors (Lipinski definition) is 2. The molecule has 90 valence electrons. The summed E-state index contributed by atoms with van der Waals surface area (Å²) in [6.07, 6.45) is 0. The first kappa shape index (κ1) is 13.5. The molecule has 1 rings (SSSR count). The molecule has 0 atom stereocenters. The van der Waals surface area contributed by atoms with Crippen LogP contribution in [0.15, 0.2) is 18.2 Å². The summed E-state index contributed by atoms with van der Waals surface area (Å²) in [6.45, 7) is 8.20. The first-order valence-electron chi connectivity index (χ1n) is 5.78. The van der Waals surface area contributed by atoms with Crippen LogP contribution < -0.4 is 5.32 Å². The van der Waals surface area contributed by atoms with Crippen molar-refractivity contribution in [2.45, 2.75) is 20.4 Å². The normalized spacial score (nSPS) is 11.1. The lowest BCUT2D eigenvalue weighted by atomic mass is 10.1. The summed E-state index contributed by atoms with van der Waals surface area (Å²) in [5, 5.41) is 4.30. The van der Waals surface area contributed by atoms with E-state index < -0.39 is 0 Å². The molecule has 0 radical (unpaired) electrons. The lowest BCUT2D eigenvalue weighted by molar-refractivity contribution is 0.349. The van der Waals surface area contributed by atoms with E-state index in [0.29, 0.717) is 0 Å². The summed E-state index contributed by atoms with van der Waals surface area (Å²) in [6, 6.07) is 6.17. The second-order valence-corrected chi connectivity index (χ2v) is 4.50. The predicted octanol–water partition coefficient (Wildman–Crippen LogP) is 2.69. The fraction of sp³-hybridized carbons (Fsp3) is 0.538. The summed E-state index contributed by atoms with van der Waals surface area (Å²) in [7, 11) is 2.13. The van der Waals surface area contributed by atoms with Gasteiger partial charge in [-0.3, -0.25) is 0 Å². The van der Waals surface area contributed by atoms with Crippen molar-refractivity contribution in [1.29, 1.82) is 0 Å². The molecule has 0 bridgehead atoms. The molecule has 1 aromatic carbocycles. The molecule has 0 aliphatic carbocycles. The molecule has 0 amide bonds. The molecule has 2 nitrogen and oxygen atoms in total. The van der Waals surface area contributed by atoms with Gasteiger partial charge in [0.05, 0.1) is 0 Å². The SMILES string of the molecule is CCN(C)CCNCc1cccc(C)c1Cl. The molecule has 3 heteroatoms. The highest BCUT2D eigenvalue weighted by atomic mass is 35.5. The average Bonchev–Trinajstić information content (AvgIpc) is 2.29. The van der Waals surface area contributed by atoms with Gasteiger partial charge in [0.2, 0.25) is 0 Å². The lowest BCUT2D eigenvalue weighted by Crippen LogP contribution is -2.28. The van der Waals surface area contributed by atoms with Crippen LogP contribution in [0.1, 0.15) is 18.1 Å². The number of benzene rings is 1. The van der Waals surface area contributed by atoms with Gasteiger partial charge >= 0.3 is 0 Å². The van der Waals surface area contributed by atoms with E-state index in [-0.39, 0.29) is 0 Å². The van der Waals surface area contributed by atoms with Crippen LogP contribution in [0.25, 0.3) is 0 Å². The van der Waals surface area contributed by atoms with E-state index in [1.807, 2.05) is 13.0 Å². The predicted molar refractivity (Wildman–Crippen MR) is 71.1 cm³/mol. The summed E-state index contributed by atoms with van der Waals surface area (Å²) in [4.78, 5) is 2.28. The minimum atomic E-state index is 0.845. The van der Waals surface area contributed by atoms with Crippen LogP contribution in [0.4, 0.5) is 0 Å². The molecule has 0 spiro atoms. The number of rotatable bonds is 6. The first-order chi connectivity index (χ1) is 7.65. The lowest BCUT2D eigenvalue weighted by Gasteiger charge is -2.14. The highest BCUT2D eigenvalue weighted by Crippen LogP contribution is 2.19. The van der Waals surface area contributed by atoms with E-state index in [1.165, 1.54) is 5.56 Å². The Morgan fingerprint density at radius 2 is 2.12 bits per heavy atom. The summed E-state index contributed by atoms with van der Waals surface area (Å²) in [5.74, 6) is 0. The Morgan fingerprint density at radius 1 is 1.38 bits per heavy atom. The maximum Gasteiger partial charge on any atom is 0.0480 e. The van der Waals surface area contributed by atoms with Gasteiger partial charge in [0.25, 0.3) is 0 Å². The third kappa shape index (κ3) is 4.12. The van der Waals surface area contributed by atoms with E-state index in [4.69, 9.17) is 11.6 Å². The number of hydrogen-bond donors (Lipinski definition) is 1. The Balaban J connectivity index is 2.35. The fourth-order valence-corrected chi connectivity index (χ4v) is 1.69. The second-order valence-electron chi connectivity index (χ2n) is 4.12. The number of nitrogens with zero attached hydrogens (tertiary/aromatic N) is 1. The standard InChI is InChI=1S/C13H21ClN2/c1-4-16(3)9-8-15-10-12-7-5-6-11(2)13(12)14/h5-7,15H,4,8-10H2,1-3H3. The Morgan fingerprint density at radius 3 is 2.81 bits per heavy atom. The summed E-state index contributed by atoms with van der Waals surface area (Å²) < 4.78 is 0. The molecule has 0 fully saturated rings. The van der Waals surface area contributed by atoms with Crippen molar-refractivity contribution in [3.8, 4) is 0 Å². The van der Waals surface area contributed by atoms with Crippen LogP contribution in [-0.2, 0) is 6.54 Å². The van der Waals surface area contributed by atoms with Crippen molar-refractivity contribution in [2.75, 3.05) is 26.7 Å². The fourth-order valence-electron chi connectivity index (χ4n) is 1.50. The van der Waals surface area contributed by atoms with Gasteiger partial charge in [0, 0.05) is 24.7 Å². The van der Waals surface area contributed by atoms with E-state index >= 15 is 0 Å². The maximum atomic E-state index is 6.21. The van der Waals surface area contributed by atoms with Crippen molar-refractivity contribution in [3.63, 3.8) is 0 Å². The Kier molecular flexibility index (Phi) is 5.81. The first-order valence-corrected chi connectivity index (χ1v) is 6.16. The molecule has 1 aromatic rings. The quantitative estimate of drug-likeness (QED) is 0.770. The van der Waals surface area contributed by atoms with E-state index in [1.54, 1.807) is 0 Å². The van der Waals surface area contributed by atoms with Crippen LogP contribution in [0.2, 0.25) is 5.02 Å². The van der Waals surface area contributed by atoms with Crippen LogP contribution >= 0.6 is 11.6 Å². The Bertz CT molecular complexity index is 326. The van der Waals surface area contributed by atoms with Crippen molar-refractivity contribution in [3.05, 3.63) is 34.3 Å². The van der Waals surface area contributed by atoms with Gasteiger partial charge in [-0.1, -0.05) is 36.7 Å². The monoisotopic (exact) mass is 240 g/mol. The third-order valence-corrected chi connectivity index (χ3v) is 3.34. The molecule has 0 saturated carbocycles. The molecule has 0 aliphatic heterocycles. The van der Waals surface area contributed by atoms with Crippen LogP contribution in [0.5, 0.6) is 0 Å². The number of halogens is 1. The summed E-state index contributed by atoms with van der Waals surface area (Å²) >= 11 is 6.21. The van der Waals surface area contributed by atoms with E-state index in [2.05, 4.69) is 36.3 Å². The smallest absolute Gasteiger partial charge is 0.0480 e. The zero-order valence-corrected chi connectivity index (χ0v) is 11.1. The minimum absolute atomic E-state index is 0.845. The zero-order chi connectivity index (χ0) is 12.0. The third-order valence-electron chi connectivity index (χ3n) is 2.80. The highest BCUT2D eigenvalue weighted by Gasteiger charge is 2.02. The topological polar surface area (TPSA) is 15.3 Å². The molecule has 0 aliphatic rings. The van der Waals surface area contributed by atoms with Gasteiger partial charge in [0.1, 0.15) is 0 Å². The van der Waals surface area contributed by atoms with Crippen molar-refractivity contribution >= 4 is 11.6 Å². The van der Waals surface area contributed by atoms with Gasteiger partial charge < -0.3 is 10.2 Å². The van der Waals surface area contributed by atoms with E-state index in [0.717, 1.165) is 36.8 Å². The molecule has 0 aromatic heterocycles. The molecular formula is C13H21ClN2. The van der Waals surface area contributed by atoms with Gasteiger partial charge in [-0.05, 0) is 31.6 Å².